The maximum Gasteiger partial charge on any atom is 0.161 e. The van der Waals surface area contributed by atoms with E-state index >= 15 is 0 Å². The molecule has 1 aliphatic rings. The average molecular weight is 354 g/mol. The molecule has 0 radical (unpaired) electrons. The lowest BCUT2D eigenvalue weighted by Gasteiger charge is -2.21. The molecule has 2 aromatic carbocycles. The number of rotatable bonds is 2. The fourth-order valence-corrected chi connectivity index (χ4v) is 3.35. The number of halogens is 2. The van der Waals surface area contributed by atoms with Crippen molar-refractivity contribution < 1.29 is 9.47 Å². The van der Waals surface area contributed by atoms with E-state index in [9.17, 15) is 0 Å². The molecular formula is C16H14BrClO2. The highest BCUT2D eigenvalue weighted by atomic mass is 79.9. The van der Waals surface area contributed by atoms with Gasteiger partial charge in [-0.25, -0.2) is 0 Å². The van der Waals surface area contributed by atoms with Gasteiger partial charge in [0.1, 0.15) is 13.2 Å². The van der Waals surface area contributed by atoms with Gasteiger partial charge in [0.25, 0.3) is 0 Å². The van der Waals surface area contributed by atoms with E-state index in [0.29, 0.717) is 13.2 Å². The van der Waals surface area contributed by atoms with Crippen LogP contribution in [0.4, 0.5) is 0 Å². The van der Waals surface area contributed by atoms with Crippen molar-refractivity contribution in [2.24, 2.45) is 0 Å². The standard InChI is InChI=1S/C16H14BrClO2/c1-10-8-12(18)3-4-13(10)16(17)11-2-5-14-15(9-11)20-7-6-19-14/h2-5,8-9,16H,6-7H2,1H3. The second kappa shape index (κ2) is 5.66. The summed E-state index contributed by atoms with van der Waals surface area (Å²) in [5, 5.41) is 0.758. The molecule has 3 rings (SSSR count). The van der Waals surface area contributed by atoms with Crippen LogP contribution in [0.25, 0.3) is 0 Å². The Labute approximate surface area is 131 Å². The number of ether oxygens (including phenoxy) is 2. The molecule has 0 aliphatic carbocycles. The SMILES string of the molecule is Cc1cc(Cl)ccc1C(Br)c1ccc2c(c1)OCCO2. The van der Waals surface area contributed by atoms with Crippen LogP contribution in [0.15, 0.2) is 36.4 Å². The number of alkyl halides is 1. The maximum absolute atomic E-state index is 6.01. The lowest BCUT2D eigenvalue weighted by molar-refractivity contribution is 0.171. The first-order chi connectivity index (χ1) is 9.65. The molecular weight excluding hydrogens is 340 g/mol. The van der Waals surface area contributed by atoms with Crippen molar-refractivity contribution in [3.63, 3.8) is 0 Å². The predicted molar refractivity (Wildman–Crippen MR) is 84.4 cm³/mol. The zero-order chi connectivity index (χ0) is 14.1. The lowest BCUT2D eigenvalue weighted by Crippen LogP contribution is -2.15. The van der Waals surface area contributed by atoms with Crippen LogP contribution >= 0.6 is 27.5 Å². The molecule has 0 saturated carbocycles. The number of aryl methyl sites for hydroxylation is 1. The third-order valence-corrected chi connectivity index (χ3v) is 4.62. The van der Waals surface area contributed by atoms with Crippen molar-refractivity contribution >= 4 is 27.5 Å². The van der Waals surface area contributed by atoms with Gasteiger partial charge in [-0.1, -0.05) is 39.7 Å². The zero-order valence-electron chi connectivity index (χ0n) is 11.0. The highest BCUT2D eigenvalue weighted by Gasteiger charge is 2.17. The molecule has 1 atom stereocenters. The molecule has 0 amide bonds. The molecule has 1 heterocycles. The molecule has 0 saturated heterocycles. The second-order valence-corrected chi connectivity index (χ2v) is 6.12. The Morgan fingerprint density at radius 3 is 2.55 bits per heavy atom. The average Bonchev–Trinajstić information content (AvgIpc) is 2.46. The van der Waals surface area contributed by atoms with Crippen LogP contribution < -0.4 is 9.47 Å². The summed E-state index contributed by atoms with van der Waals surface area (Å²) in [6, 6.07) is 12.0. The Morgan fingerprint density at radius 1 is 1.05 bits per heavy atom. The summed E-state index contributed by atoms with van der Waals surface area (Å²) < 4.78 is 11.2. The summed E-state index contributed by atoms with van der Waals surface area (Å²) in [7, 11) is 0. The number of hydrogen-bond donors (Lipinski definition) is 0. The van der Waals surface area contributed by atoms with Crippen molar-refractivity contribution in [2.45, 2.75) is 11.8 Å². The Hall–Kier alpha value is -1.19. The van der Waals surface area contributed by atoms with Crippen LogP contribution in [0.5, 0.6) is 11.5 Å². The van der Waals surface area contributed by atoms with Crippen molar-refractivity contribution in [3.05, 3.63) is 58.1 Å². The molecule has 0 bridgehead atoms. The van der Waals surface area contributed by atoms with Gasteiger partial charge < -0.3 is 9.47 Å². The number of hydrogen-bond acceptors (Lipinski definition) is 2. The highest BCUT2D eigenvalue weighted by molar-refractivity contribution is 9.09. The summed E-state index contributed by atoms with van der Waals surface area (Å²) in [6.45, 7) is 3.28. The van der Waals surface area contributed by atoms with Gasteiger partial charge in [-0.2, -0.15) is 0 Å². The van der Waals surface area contributed by atoms with Crippen LogP contribution in [0.2, 0.25) is 5.02 Å². The van der Waals surface area contributed by atoms with Gasteiger partial charge in [-0.15, -0.1) is 0 Å². The Kier molecular flexibility index (Phi) is 3.90. The number of fused-ring (bicyclic) bond motifs is 1. The summed E-state index contributed by atoms with van der Waals surface area (Å²) in [5.74, 6) is 1.62. The van der Waals surface area contributed by atoms with Crippen LogP contribution in [0.1, 0.15) is 21.5 Å². The molecule has 0 aromatic heterocycles. The van der Waals surface area contributed by atoms with Crippen molar-refractivity contribution in [1.82, 2.24) is 0 Å². The minimum absolute atomic E-state index is 0.107. The van der Waals surface area contributed by atoms with Crippen LogP contribution in [-0.2, 0) is 0 Å². The topological polar surface area (TPSA) is 18.5 Å². The highest BCUT2D eigenvalue weighted by Crippen LogP contribution is 2.39. The van der Waals surface area contributed by atoms with E-state index in [2.05, 4.69) is 28.9 Å². The van der Waals surface area contributed by atoms with Crippen molar-refractivity contribution in [3.8, 4) is 11.5 Å². The third-order valence-electron chi connectivity index (χ3n) is 3.36. The van der Waals surface area contributed by atoms with Crippen molar-refractivity contribution in [1.29, 1.82) is 0 Å². The summed E-state index contributed by atoms with van der Waals surface area (Å²) in [6.07, 6.45) is 0. The molecule has 0 spiro atoms. The smallest absolute Gasteiger partial charge is 0.161 e. The van der Waals surface area contributed by atoms with E-state index in [1.807, 2.05) is 30.3 Å². The Morgan fingerprint density at radius 2 is 1.80 bits per heavy atom. The molecule has 2 aromatic rings. The van der Waals surface area contributed by atoms with E-state index in [0.717, 1.165) is 27.6 Å². The van der Waals surface area contributed by atoms with Gasteiger partial charge in [-0.3, -0.25) is 0 Å². The Bertz CT molecular complexity index is 642. The van der Waals surface area contributed by atoms with Crippen LogP contribution in [0.3, 0.4) is 0 Å². The minimum Gasteiger partial charge on any atom is -0.486 e. The van der Waals surface area contributed by atoms with Gasteiger partial charge in [0.15, 0.2) is 11.5 Å². The Balaban J connectivity index is 1.95. The van der Waals surface area contributed by atoms with Crippen LogP contribution in [-0.4, -0.2) is 13.2 Å². The minimum atomic E-state index is 0.107. The zero-order valence-corrected chi connectivity index (χ0v) is 13.4. The fraction of sp³-hybridized carbons (Fsp3) is 0.250. The quantitative estimate of drug-likeness (QED) is 0.715. The summed E-state index contributed by atoms with van der Waals surface area (Å²) in [4.78, 5) is 0.107. The van der Waals surface area contributed by atoms with E-state index in [-0.39, 0.29) is 4.83 Å². The molecule has 0 fully saturated rings. The van der Waals surface area contributed by atoms with Gasteiger partial charge >= 0.3 is 0 Å². The monoisotopic (exact) mass is 352 g/mol. The first-order valence-corrected chi connectivity index (χ1v) is 7.74. The van der Waals surface area contributed by atoms with E-state index < -0.39 is 0 Å². The van der Waals surface area contributed by atoms with E-state index in [1.165, 1.54) is 5.56 Å². The largest absolute Gasteiger partial charge is 0.486 e. The summed E-state index contributed by atoms with van der Waals surface area (Å²) in [5.41, 5.74) is 3.50. The normalized spacial score (nSPS) is 14.9. The molecule has 2 nitrogen and oxygen atoms in total. The molecule has 20 heavy (non-hydrogen) atoms. The fourth-order valence-electron chi connectivity index (χ4n) is 2.32. The lowest BCUT2D eigenvalue weighted by atomic mass is 10.00. The molecule has 1 unspecified atom stereocenters. The van der Waals surface area contributed by atoms with E-state index in [1.54, 1.807) is 0 Å². The first kappa shape index (κ1) is 13.8. The van der Waals surface area contributed by atoms with Crippen LogP contribution in [0, 0.1) is 6.92 Å². The van der Waals surface area contributed by atoms with Crippen molar-refractivity contribution in [2.75, 3.05) is 13.2 Å². The molecule has 1 aliphatic heterocycles. The number of benzene rings is 2. The molecule has 4 heteroatoms. The molecule has 0 N–H and O–H groups in total. The summed E-state index contributed by atoms with van der Waals surface area (Å²) >= 11 is 9.77. The van der Waals surface area contributed by atoms with Gasteiger partial charge in [0.2, 0.25) is 0 Å². The molecule has 104 valence electrons. The van der Waals surface area contributed by atoms with Gasteiger partial charge in [-0.05, 0) is 47.9 Å². The maximum atomic E-state index is 6.01. The third kappa shape index (κ3) is 2.65. The van der Waals surface area contributed by atoms with Gasteiger partial charge in [0, 0.05) is 5.02 Å². The predicted octanol–water partition coefficient (Wildman–Crippen LogP) is 4.90. The second-order valence-electron chi connectivity index (χ2n) is 4.77. The van der Waals surface area contributed by atoms with Gasteiger partial charge in [0.05, 0.1) is 4.83 Å². The van der Waals surface area contributed by atoms with E-state index in [4.69, 9.17) is 21.1 Å². The first-order valence-electron chi connectivity index (χ1n) is 6.45.